The number of nitrogens with one attached hydrogen (secondary N) is 1. The van der Waals surface area contributed by atoms with Gasteiger partial charge in [0.2, 0.25) is 0 Å². The molecule has 2 N–H and O–H groups in total. The van der Waals surface area contributed by atoms with Crippen LogP contribution in [-0.4, -0.2) is 39.1 Å². The fourth-order valence-corrected chi connectivity index (χ4v) is 3.00. The number of aromatic nitrogens is 3. The number of carbonyl (C=O) groups excluding carboxylic acids is 1. The number of hydrogen-bond acceptors (Lipinski definition) is 6. The van der Waals surface area contributed by atoms with Crippen LogP contribution < -0.4 is 5.32 Å². The molecule has 1 amide bonds. The van der Waals surface area contributed by atoms with Crippen LogP contribution >= 0.6 is 11.3 Å². The summed E-state index contributed by atoms with van der Waals surface area (Å²) in [7, 11) is 1.00. The summed E-state index contributed by atoms with van der Waals surface area (Å²) in [6, 6.07) is 1.95. The van der Waals surface area contributed by atoms with Gasteiger partial charge in [0.1, 0.15) is 5.69 Å². The van der Waals surface area contributed by atoms with Crippen molar-refractivity contribution in [3.05, 3.63) is 29.7 Å². The Morgan fingerprint density at radius 2 is 2.09 bits per heavy atom. The standard InChI is InChI=1S/C14H16N4OS.CH4O/c19-14(17-10-4-2-1-3-5-10)11-6-7-16-13(18-11)12-8-15-9-20-12;1-2/h6-10H,1-5H2,(H,17,19);2H,1H3. The van der Waals surface area contributed by atoms with Crippen molar-refractivity contribution in [3.63, 3.8) is 0 Å². The monoisotopic (exact) mass is 320 g/mol. The molecule has 1 fully saturated rings. The molecule has 2 heterocycles. The lowest BCUT2D eigenvalue weighted by molar-refractivity contribution is 0.0922. The zero-order valence-corrected chi connectivity index (χ0v) is 13.3. The molecule has 0 saturated heterocycles. The lowest BCUT2D eigenvalue weighted by atomic mass is 9.95. The van der Waals surface area contributed by atoms with Crippen LogP contribution in [-0.2, 0) is 0 Å². The van der Waals surface area contributed by atoms with Crippen LogP contribution in [0.25, 0.3) is 10.7 Å². The first-order chi connectivity index (χ1) is 10.8. The smallest absolute Gasteiger partial charge is 0.270 e. The topological polar surface area (TPSA) is 88.0 Å². The average Bonchev–Trinajstić information content (AvgIpc) is 3.12. The van der Waals surface area contributed by atoms with E-state index in [1.165, 1.54) is 30.6 Å². The van der Waals surface area contributed by atoms with Gasteiger partial charge in [-0.05, 0) is 18.9 Å². The molecular formula is C15H20N4O2S. The number of thiazole rings is 1. The number of aliphatic hydroxyl groups excluding tert-OH is 1. The van der Waals surface area contributed by atoms with Crippen molar-refractivity contribution in [1.29, 1.82) is 0 Å². The first kappa shape index (κ1) is 16.5. The summed E-state index contributed by atoms with van der Waals surface area (Å²) in [6.07, 6.45) is 9.13. The van der Waals surface area contributed by atoms with Crippen LogP contribution in [0, 0.1) is 0 Å². The van der Waals surface area contributed by atoms with E-state index in [-0.39, 0.29) is 11.9 Å². The predicted molar refractivity (Wildman–Crippen MR) is 85.6 cm³/mol. The van der Waals surface area contributed by atoms with Gasteiger partial charge in [0.25, 0.3) is 5.91 Å². The van der Waals surface area contributed by atoms with E-state index < -0.39 is 0 Å². The molecule has 1 aliphatic rings. The predicted octanol–water partition coefficient (Wildman–Crippen LogP) is 2.27. The molecule has 6 nitrogen and oxygen atoms in total. The SMILES string of the molecule is CO.O=C(NC1CCCCC1)c1ccnc(-c2cncs2)n1. The summed E-state index contributed by atoms with van der Waals surface area (Å²) in [5.74, 6) is 0.453. The molecule has 2 aromatic rings. The normalized spacial score (nSPS) is 14.8. The van der Waals surface area contributed by atoms with Crippen molar-refractivity contribution in [3.8, 4) is 10.7 Å². The maximum Gasteiger partial charge on any atom is 0.270 e. The van der Waals surface area contributed by atoms with Crippen LogP contribution in [0.2, 0.25) is 0 Å². The molecule has 3 rings (SSSR count). The lowest BCUT2D eigenvalue weighted by Gasteiger charge is -2.22. The van der Waals surface area contributed by atoms with E-state index in [1.54, 1.807) is 24.0 Å². The molecule has 0 spiro atoms. The third kappa shape index (κ3) is 4.32. The second-order valence-corrected chi connectivity index (χ2v) is 5.83. The minimum absolute atomic E-state index is 0.106. The van der Waals surface area contributed by atoms with E-state index in [9.17, 15) is 4.79 Å². The van der Waals surface area contributed by atoms with Gasteiger partial charge in [0.15, 0.2) is 5.82 Å². The highest BCUT2D eigenvalue weighted by Gasteiger charge is 2.18. The number of hydrogen-bond donors (Lipinski definition) is 2. The Hall–Kier alpha value is -1.86. The fraction of sp³-hybridized carbons (Fsp3) is 0.467. The summed E-state index contributed by atoms with van der Waals surface area (Å²) in [6.45, 7) is 0. The molecule has 22 heavy (non-hydrogen) atoms. The molecule has 0 aliphatic heterocycles. The van der Waals surface area contributed by atoms with Gasteiger partial charge in [-0.15, -0.1) is 11.3 Å². The summed E-state index contributed by atoms with van der Waals surface area (Å²) in [4.78, 5) is 25.6. The maximum absolute atomic E-state index is 12.2. The van der Waals surface area contributed by atoms with Crippen molar-refractivity contribution >= 4 is 17.2 Å². The van der Waals surface area contributed by atoms with Gasteiger partial charge in [0, 0.05) is 25.5 Å². The summed E-state index contributed by atoms with van der Waals surface area (Å²) in [5, 5.41) is 10.1. The van der Waals surface area contributed by atoms with Gasteiger partial charge < -0.3 is 10.4 Å². The van der Waals surface area contributed by atoms with E-state index in [1.807, 2.05) is 0 Å². The third-order valence-corrected chi connectivity index (χ3v) is 4.25. The quantitative estimate of drug-likeness (QED) is 0.906. The molecule has 0 radical (unpaired) electrons. The van der Waals surface area contributed by atoms with Crippen LogP contribution in [0.1, 0.15) is 42.6 Å². The molecule has 2 aromatic heterocycles. The molecule has 1 aliphatic carbocycles. The Kier molecular flexibility index (Phi) is 6.42. The molecule has 0 unspecified atom stereocenters. The maximum atomic E-state index is 12.2. The zero-order valence-electron chi connectivity index (χ0n) is 12.5. The van der Waals surface area contributed by atoms with Crippen LogP contribution in [0.4, 0.5) is 0 Å². The lowest BCUT2D eigenvalue weighted by Crippen LogP contribution is -2.36. The number of carbonyl (C=O) groups is 1. The van der Waals surface area contributed by atoms with Crippen molar-refractivity contribution in [1.82, 2.24) is 20.3 Å². The number of rotatable bonds is 3. The fourth-order valence-electron chi connectivity index (χ4n) is 2.44. The number of amides is 1. The number of nitrogens with zero attached hydrogens (tertiary/aromatic N) is 3. The Bertz CT molecular complexity index is 583. The van der Waals surface area contributed by atoms with Gasteiger partial charge in [-0.1, -0.05) is 19.3 Å². The van der Waals surface area contributed by atoms with E-state index in [0.717, 1.165) is 24.8 Å². The van der Waals surface area contributed by atoms with E-state index >= 15 is 0 Å². The van der Waals surface area contributed by atoms with Crippen molar-refractivity contribution in [2.45, 2.75) is 38.1 Å². The van der Waals surface area contributed by atoms with E-state index in [0.29, 0.717) is 11.5 Å². The van der Waals surface area contributed by atoms with Crippen molar-refractivity contribution in [2.24, 2.45) is 0 Å². The molecule has 0 bridgehead atoms. The Balaban J connectivity index is 0.000000847. The van der Waals surface area contributed by atoms with Crippen molar-refractivity contribution < 1.29 is 9.90 Å². The van der Waals surface area contributed by atoms with Gasteiger partial charge in [-0.3, -0.25) is 9.78 Å². The van der Waals surface area contributed by atoms with Crippen LogP contribution in [0.15, 0.2) is 24.0 Å². The molecule has 0 atom stereocenters. The van der Waals surface area contributed by atoms with Crippen molar-refractivity contribution in [2.75, 3.05) is 7.11 Å². The van der Waals surface area contributed by atoms with Gasteiger partial charge in [-0.25, -0.2) is 9.97 Å². The zero-order chi connectivity index (χ0) is 15.8. The molecule has 1 saturated carbocycles. The highest BCUT2D eigenvalue weighted by molar-refractivity contribution is 7.13. The first-order valence-corrected chi connectivity index (χ1v) is 8.18. The third-order valence-electron chi connectivity index (χ3n) is 3.48. The van der Waals surface area contributed by atoms with E-state index in [2.05, 4.69) is 20.3 Å². The average molecular weight is 320 g/mol. The van der Waals surface area contributed by atoms with Crippen LogP contribution in [0.5, 0.6) is 0 Å². The summed E-state index contributed by atoms with van der Waals surface area (Å²) < 4.78 is 0. The Labute approximate surface area is 133 Å². The van der Waals surface area contributed by atoms with Crippen LogP contribution in [0.3, 0.4) is 0 Å². The summed E-state index contributed by atoms with van der Waals surface area (Å²) >= 11 is 1.46. The Morgan fingerprint density at radius 3 is 2.77 bits per heavy atom. The van der Waals surface area contributed by atoms with Gasteiger partial charge in [-0.2, -0.15) is 0 Å². The highest BCUT2D eigenvalue weighted by atomic mass is 32.1. The molecule has 0 aromatic carbocycles. The minimum Gasteiger partial charge on any atom is -0.400 e. The largest absolute Gasteiger partial charge is 0.400 e. The first-order valence-electron chi connectivity index (χ1n) is 7.30. The number of aliphatic hydroxyl groups is 1. The van der Waals surface area contributed by atoms with Gasteiger partial charge >= 0.3 is 0 Å². The highest BCUT2D eigenvalue weighted by Crippen LogP contribution is 2.20. The molecular weight excluding hydrogens is 300 g/mol. The minimum atomic E-state index is -0.106. The molecule has 7 heteroatoms. The van der Waals surface area contributed by atoms with Gasteiger partial charge in [0.05, 0.1) is 10.4 Å². The van der Waals surface area contributed by atoms with E-state index in [4.69, 9.17) is 5.11 Å². The Morgan fingerprint density at radius 1 is 1.32 bits per heavy atom. The second kappa shape index (κ2) is 8.55. The summed E-state index contributed by atoms with van der Waals surface area (Å²) in [5.41, 5.74) is 2.15. The molecule has 118 valence electrons. The second-order valence-electron chi connectivity index (χ2n) is 4.94.